The fraction of sp³-hybridized carbons (Fsp3) is 0.625. The molecule has 0 heterocycles. The molecule has 0 spiro atoms. The Bertz CT molecular complexity index is 116. The lowest BCUT2D eigenvalue weighted by molar-refractivity contribution is -0.141. The topological polar surface area (TPSA) is 26.3 Å². The van der Waals surface area contributed by atoms with Gasteiger partial charge < -0.3 is 4.74 Å². The first-order valence-electron chi connectivity index (χ1n) is 3.61. The Morgan fingerprint density at radius 3 is 2.60 bits per heavy atom. The van der Waals surface area contributed by atoms with Gasteiger partial charge in [-0.1, -0.05) is 26.0 Å². The normalized spacial score (nSPS) is 10.2. The van der Waals surface area contributed by atoms with E-state index in [2.05, 4.69) is 0 Å². The second-order valence-corrected chi connectivity index (χ2v) is 1.92. The summed E-state index contributed by atoms with van der Waals surface area (Å²) >= 11 is 0. The number of hydrogen-bond donors (Lipinski definition) is 0. The first-order chi connectivity index (χ1) is 4.81. The quantitative estimate of drug-likeness (QED) is 0.442. The molecule has 0 aromatic rings. The molecule has 0 aliphatic heterocycles. The Morgan fingerprint density at radius 2 is 2.10 bits per heavy atom. The van der Waals surface area contributed by atoms with Gasteiger partial charge in [-0.3, -0.25) is 4.79 Å². The van der Waals surface area contributed by atoms with Gasteiger partial charge in [0.1, 0.15) is 6.61 Å². The van der Waals surface area contributed by atoms with Gasteiger partial charge in [-0.05, 0) is 6.42 Å². The van der Waals surface area contributed by atoms with Crippen LogP contribution in [0, 0.1) is 0 Å². The lowest BCUT2D eigenvalue weighted by Gasteiger charge is -1.96. The van der Waals surface area contributed by atoms with Gasteiger partial charge in [-0.15, -0.1) is 0 Å². The van der Waals surface area contributed by atoms with Crippen LogP contribution in [0.2, 0.25) is 0 Å². The van der Waals surface area contributed by atoms with E-state index in [0.717, 1.165) is 6.42 Å². The van der Waals surface area contributed by atoms with Crippen molar-refractivity contribution < 1.29 is 9.53 Å². The molecule has 0 N–H and O–H groups in total. The average Bonchev–Trinajstić information content (AvgIpc) is 1.98. The smallest absolute Gasteiger partial charge is 0.305 e. The van der Waals surface area contributed by atoms with E-state index in [1.54, 1.807) is 6.92 Å². The molecular weight excluding hydrogens is 128 g/mol. The van der Waals surface area contributed by atoms with Crippen LogP contribution >= 0.6 is 0 Å². The van der Waals surface area contributed by atoms with E-state index in [4.69, 9.17) is 4.74 Å². The van der Waals surface area contributed by atoms with Crippen LogP contribution < -0.4 is 0 Å². The summed E-state index contributed by atoms with van der Waals surface area (Å²) in [6.07, 6.45) is 5.28. The zero-order valence-electron chi connectivity index (χ0n) is 6.59. The lowest BCUT2D eigenvalue weighted by atomic mass is 10.4. The Kier molecular flexibility index (Phi) is 5.83. The maximum Gasteiger partial charge on any atom is 0.305 e. The summed E-state index contributed by atoms with van der Waals surface area (Å²) in [6.45, 7) is 4.24. The zero-order valence-corrected chi connectivity index (χ0v) is 6.59. The number of allylic oxidation sites excluding steroid dienone is 1. The van der Waals surface area contributed by atoms with Crippen molar-refractivity contribution in [2.24, 2.45) is 0 Å². The zero-order chi connectivity index (χ0) is 7.82. The minimum Gasteiger partial charge on any atom is -0.461 e. The first-order valence-corrected chi connectivity index (χ1v) is 3.61. The van der Waals surface area contributed by atoms with Crippen LogP contribution in [0.4, 0.5) is 0 Å². The van der Waals surface area contributed by atoms with Crippen LogP contribution in [0.5, 0.6) is 0 Å². The summed E-state index contributed by atoms with van der Waals surface area (Å²) in [5.74, 6) is -0.138. The number of carbonyl (C=O) groups is 1. The molecule has 0 saturated heterocycles. The van der Waals surface area contributed by atoms with Crippen molar-refractivity contribution in [2.75, 3.05) is 6.61 Å². The first kappa shape index (κ1) is 9.21. The Labute approximate surface area is 61.9 Å². The highest BCUT2D eigenvalue weighted by Gasteiger charge is 1.92. The van der Waals surface area contributed by atoms with E-state index in [0.29, 0.717) is 13.0 Å². The van der Waals surface area contributed by atoms with E-state index in [1.165, 1.54) is 0 Å². The minimum atomic E-state index is -0.138. The summed E-state index contributed by atoms with van der Waals surface area (Å²) < 4.78 is 4.77. The Balaban J connectivity index is 3.19. The number of ether oxygens (including phenoxy) is 1. The van der Waals surface area contributed by atoms with Crippen LogP contribution in [0.3, 0.4) is 0 Å². The van der Waals surface area contributed by atoms with Gasteiger partial charge in [-0.2, -0.15) is 0 Å². The average molecular weight is 142 g/mol. The van der Waals surface area contributed by atoms with Gasteiger partial charge in [-0.25, -0.2) is 0 Å². The Hall–Kier alpha value is -0.790. The summed E-state index contributed by atoms with van der Waals surface area (Å²) in [5.41, 5.74) is 0. The van der Waals surface area contributed by atoms with Crippen molar-refractivity contribution in [1.29, 1.82) is 0 Å². The highest BCUT2D eigenvalue weighted by Crippen LogP contribution is 1.85. The summed E-state index contributed by atoms with van der Waals surface area (Å²) in [5, 5.41) is 0. The lowest BCUT2D eigenvalue weighted by Crippen LogP contribution is -2.01. The third kappa shape index (κ3) is 5.35. The maximum atomic E-state index is 10.5. The van der Waals surface area contributed by atoms with Crippen molar-refractivity contribution in [1.82, 2.24) is 0 Å². The van der Waals surface area contributed by atoms with E-state index in [9.17, 15) is 4.79 Å². The number of carbonyl (C=O) groups excluding carboxylic acids is 1. The largest absolute Gasteiger partial charge is 0.461 e. The molecule has 0 aromatic carbocycles. The predicted octanol–water partition coefficient (Wildman–Crippen LogP) is 1.91. The summed E-state index contributed by atoms with van der Waals surface area (Å²) in [4.78, 5) is 10.5. The van der Waals surface area contributed by atoms with Gasteiger partial charge in [0, 0.05) is 6.42 Å². The molecule has 0 aliphatic carbocycles. The fourth-order valence-electron chi connectivity index (χ4n) is 0.478. The molecule has 58 valence electrons. The van der Waals surface area contributed by atoms with E-state index in [1.807, 2.05) is 19.1 Å². The molecule has 2 nitrogen and oxygen atoms in total. The summed E-state index contributed by atoms with van der Waals surface area (Å²) in [7, 11) is 0. The fourth-order valence-corrected chi connectivity index (χ4v) is 0.478. The maximum absolute atomic E-state index is 10.5. The highest BCUT2D eigenvalue weighted by atomic mass is 16.5. The SMILES string of the molecule is CC/C=C\COC(=O)CC. The minimum absolute atomic E-state index is 0.138. The number of rotatable bonds is 4. The molecule has 0 radical (unpaired) electrons. The molecule has 0 aliphatic rings. The molecule has 2 heteroatoms. The standard InChI is InChI=1S/C8H14O2/c1-3-5-6-7-10-8(9)4-2/h5-6H,3-4,7H2,1-2H3/b6-5-. The van der Waals surface area contributed by atoms with Crippen molar-refractivity contribution in [2.45, 2.75) is 26.7 Å². The molecule has 10 heavy (non-hydrogen) atoms. The molecular formula is C8H14O2. The number of hydrogen-bond acceptors (Lipinski definition) is 2. The van der Waals surface area contributed by atoms with Crippen molar-refractivity contribution in [3.63, 3.8) is 0 Å². The van der Waals surface area contributed by atoms with Gasteiger partial charge in [0.2, 0.25) is 0 Å². The second kappa shape index (κ2) is 6.33. The van der Waals surface area contributed by atoms with E-state index >= 15 is 0 Å². The van der Waals surface area contributed by atoms with Crippen LogP contribution in [0.15, 0.2) is 12.2 Å². The monoisotopic (exact) mass is 142 g/mol. The van der Waals surface area contributed by atoms with E-state index < -0.39 is 0 Å². The molecule has 0 bridgehead atoms. The second-order valence-electron chi connectivity index (χ2n) is 1.92. The van der Waals surface area contributed by atoms with Crippen molar-refractivity contribution >= 4 is 5.97 Å². The molecule has 0 fully saturated rings. The van der Waals surface area contributed by atoms with Crippen LogP contribution in [-0.4, -0.2) is 12.6 Å². The third-order valence-electron chi connectivity index (χ3n) is 1.03. The Morgan fingerprint density at radius 1 is 1.40 bits per heavy atom. The van der Waals surface area contributed by atoms with Crippen LogP contribution in [0.1, 0.15) is 26.7 Å². The van der Waals surface area contributed by atoms with Gasteiger partial charge in [0.05, 0.1) is 0 Å². The molecule has 0 rings (SSSR count). The van der Waals surface area contributed by atoms with E-state index in [-0.39, 0.29) is 5.97 Å². The van der Waals surface area contributed by atoms with Crippen molar-refractivity contribution in [3.8, 4) is 0 Å². The molecule has 0 atom stereocenters. The van der Waals surface area contributed by atoms with Crippen LogP contribution in [0.25, 0.3) is 0 Å². The van der Waals surface area contributed by atoms with Crippen molar-refractivity contribution in [3.05, 3.63) is 12.2 Å². The van der Waals surface area contributed by atoms with Gasteiger partial charge in [0.15, 0.2) is 0 Å². The summed E-state index contributed by atoms with van der Waals surface area (Å²) in [6, 6.07) is 0. The third-order valence-corrected chi connectivity index (χ3v) is 1.03. The van der Waals surface area contributed by atoms with Crippen LogP contribution in [-0.2, 0) is 9.53 Å². The predicted molar refractivity (Wildman–Crippen MR) is 40.7 cm³/mol. The van der Waals surface area contributed by atoms with Gasteiger partial charge in [0.25, 0.3) is 0 Å². The highest BCUT2D eigenvalue weighted by molar-refractivity contribution is 5.68. The molecule has 0 saturated carbocycles. The molecule has 0 unspecified atom stereocenters. The molecule has 0 aromatic heterocycles. The number of esters is 1. The van der Waals surface area contributed by atoms with Gasteiger partial charge >= 0.3 is 5.97 Å². The molecule has 0 amide bonds.